The minimum atomic E-state index is -3.70. The van der Waals surface area contributed by atoms with Crippen LogP contribution in [0.3, 0.4) is 0 Å². The Labute approximate surface area is 151 Å². The lowest BCUT2D eigenvalue weighted by molar-refractivity contribution is -0.114. The van der Waals surface area contributed by atoms with Crippen LogP contribution < -0.4 is 20.1 Å². The second-order valence-corrected chi connectivity index (χ2v) is 7.34. The third-order valence-corrected chi connectivity index (χ3v) is 4.60. The first kappa shape index (κ1) is 19.5. The van der Waals surface area contributed by atoms with Crippen molar-refractivity contribution < 1.29 is 27.1 Å². The first-order valence-corrected chi connectivity index (χ1v) is 9.39. The molecular weight excluding hydrogens is 363 g/mol. The standard InChI is InChI=1S/C17H19FN2O5S/c1-24-11-7-8-12(14(9-11)25-2)20-16(21)10-19-13-5-4-6-15(17(13)18)26(3,22)23/h4-9,19H,10H2,1-3H3,(H,20,21). The van der Waals surface area contributed by atoms with Crippen molar-refractivity contribution >= 4 is 27.1 Å². The number of nitrogens with one attached hydrogen (secondary N) is 2. The van der Waals surface area contributed by atoms with Gasteiger partial charge in [0.15, 0.2) is 15.7 Å². The van der Waals surface area contributed by atoms with Crippen LogP contribution in [-0.2, 0) is 14.6 Å². The molecule has 2 rings (SSSR count). The summed E-state index contributed by atoms with van der Waals surface area (Å²) in [5.74, 6) is -0.414. The van der Waals surface area contributed by atoms with E-state index < -0.39 is 26.5 Å². The maximum Gasteiger partial charge on any atom is 0.243 e. The van der Waals surface area contributed by atoms with Crippen LogP contribution in [0.2, 0.25) is 0 Å². The van der Waals surface area contributed by atoms with Crippen LogP contribution in [0.25, 0.3) is 0 Å². The lowest BCUT2D eigenvalue weighted by Gasteiger charge is -2.13. The van der Waals surface area contributed by atoms with Crippen LogP contribution in [0, 0.1) is 5.82 Å². The van der Waals surface area contributed by atoms with E-state index >= 15 is 0 Å². The fourth-order valence-corrected chi connectivity index (χ4v) is 2.97. The van der Waals surface area contributed by atoms with Crippen LogP contribution in [0.1, 0.15) is 0 Å². The van der Waals surface area contributed by atoms with Gasteiger partial charge in [0.1, 0.15) is 16.4 Å². The van der Waals surface area contributed by atoms with Crippen molar-refractivity contribution in [1.29, 1.82) is 0 Å². The molecule has 0 saturated carbocycles. The lowest BCUT2D eigenvalue weighted by atomic mass is 10.2. The largest absolute Gasteiger partial charge is 0.497 e. The average molecular weight is 382 g/mol. The molecule has 2 aromatic carbocycles. The molecule has 0 atom stereocenters. The fourth-order valence-electron chi connectivity index (χ4n) is 2.21. The van der Waals surface area contributed by atoms with Gasteiger partial charge in [-0.05, 0) is 24.3 Å². The highest BCUT2D eigenvalue weighted by molar-refractivity contribution is 7.90. The highest BCUT2D eigenvalue weighted by Crippen LogP contribution is 2.29. The van der Waals surface area contributed by atoms with Crippen molar-refractivity contribution in [3.63, 3.8) is 0 Å². The number of methoxy groups -OCH3 is 2. The van der Waals surface area contributed by atoms with Gasteiger partial charge in [0, 0.05) is 12.3 Å². The number of carbonyl (C=O) groups is 1. The van der Waals surface area contributed by atoms with Crippen LogP contribution >= 0.6 is 0 Å². The maximum atomic E-state index is 14.2. The SMILES string of the molecule is COc1ccc(NC(=O)CNc2cccc(S(C)(=O)=O)c2F)c(OC)c1. The Morgan fingerprint density at radius 3 is 2.46 bits per heavy atom. The highest BCUT2D eigenvalue weighted by atomic mass is 32.2. The molecule has 0 saturated heterocycles. The van der Waals surface area contributed by atoms with Crippen molar-refractivity contribution in [3.05, 3.63) is 42.2 Å². The van der Waals surface area contributed by atoms with E-state index in [2.05, 4.69) is 10.6 Å². The second kappa shape index (κ2) is 8.05. The van der Waals surface area contributed by atoms with Gasteiger partial charge in [0.2, 0.25) is 5.91 Å². The molecule has 0 spiro atoms. The van der Waals surface area contributed by atoms with Crippen molar-refractivity contribution in [2.24, 2.45) is 0 Å². The second-order valence-electron chi connectivity index (χ2n) is 5.36. The average Bonchev–Trinajstić information content (AvgIpc) is 2.60. The Morgan fingerprint density at radius 1 is 1.12 bits per heavy atom. The number of ether oxygens (including phenoxy) is 2. The van der Waals surface area contributed by atoms with Crippen molar-refractivity contribution in [3.8, 4) is 11.5 Å². The van der Waals surface area contributed by atoms with Crippen molar-refractivity contribution in [2.75, 3.05) is 37.7 Å². The minimum absolute atomic E-state index is 0.0789. The molecule has 2 aromatic rings. The molecule has 2 N–H and O–H groups in total. The van der Waals surface area contributed by atoms with Crippen LogP contribution in [0.5, 0.6) is 11.5 Å². The smallest absolute Gasteiger partial charge is 0.243 e. The zero-order valence-electron chi connectivity index (χ0n) is 14.5. The van der Waals surface area contributed by atoms with Crippen LogP contribution in [-0.4, -0.2) is 41.3 Å². The number of benzene rings is 2. The topological polar surface area (TPSA) is 93.7 Å². The van der Waals surface area contributed by atoms with Gasteiger partial charge < -0.3 is 20.1 Å². The van der Waals surface area contributed by atoms with Crippen LogP contribution in [0.4, 0.5) is 15.8 Å². The summed E-state index contributed by atoms with van der Waals surface area (Å²) in [5.41, 5.74) is 0.343. The summed E-state index contributed by atoms with van der Waals surface area (Å²) in [5, 5.41) is 5.21. The molecule has 1 amide bonds. The van der Waals surface area contributed by atoms with E-state index in [4.69, 9.17) is 9.47 Å². The Bertz CT molecular complexity index is 915. The van der Waals surface area contributed by atoms with Gasteiger partial charge in [0.25, 0.3) is 0 Å². The highest BCUT2D eigenvalue weighted by Gasteiger charge is 2.17. The quantitative estimate of drug-likeness (QED) is 0.763. The molecule has 26 heavy (non-hydrogen) atoms. The molecule has 0 aliphatic carbocycles. The predicted octanol–water partition coefficient (Wildman–Crippen LogP) is 2.30. The number of carbonyl (C=O) groups excluding carboxylic acids is 1. The van der Waals surface area contributed by atoms with Crippen LogP contribution in [0.15, 0.2) is 41.3 Å². The van der Waals surface area contributed by atoms with Gasteiger partial charge in [-0.15, -0.1) is 0 Å². The first-order chi connectivity index (χ1) is 12.3. The summed E-state index contributed by atoms with van der Waals surface area (Å²) < 4.78 is 47.6. The minimum Gasteiger partial charge on any atom is -0.497 e. The molecule has 0 aliphatic rings. The monoisotopic (exact) mass is 382 g/mol. The lowest BCUT2D eigenvalue weighted by Crippen LogP contribution is -2.22. The summed E-state index contributed by atoms with van der Waals surface area (Å²) in [7, 11) is -0.740. The number of amides is 1. The van der Waals surface area contributed by atoms with E-state index in [0.29, 0.717) is 17.2 Å². The van der Waals surface area contributed by atoms with Gasteiger partial charge in [0.05, 0.1) is 32.1 Å². The van der Waals surface area contributed by atoms with E-state index in [1.165, 1.54) is 26.4 Å². The number of hydrogen-bond donors (Lipinski definition) is 2. The number of rotatable bonds is 7. The van der Waals surface area contributed by atoms with Gasteiger partial charge in [-0.2, -0.15) is 0 Å². The summed E-state index contributed by atoms with van der Waals surface area (Å²) in [6, 6.07) is 8.79. The Morgan fingerprint density at radius 2 is 1.85 bits per heavy atom. The van der Waals surface area contributed by atoms with E-state index in [1.54, 1.807) is 18.2 Å². The summed E-state index contributed by atoms with van der Waals surface area (Å²) >= 11 is 0. The molecule has 0 heterocycles. The predicted molar refractivity (Wildman–Crippen MR) is 96.2 cm³/mol. The third kappa shape index (κ3) is 4.63. The molecule has 0 bridgehead atoms. The Hall–Kier alpha value is -2.81. The summed E-state index contributed by atoms with van der Waals surface area (Å²) in [4.78, 5) is 11.7. The van der Waals surface area contributed by atoms with E-state index in [-0.39, 0.29) is 12.2 Å². The number of hydrogen-bond acceptors (Lipinski definition) is 6. The molecule has 0 radical (unpaired) electrons. The molecule has 9 heteroatoms. The summed E-state index contributed by atoms with van der Waals surface area (Å²) in [6.07, 6.45) is 0.915. The molecule has 0 fully saturated rings. The van der Waals surface area contributed by atoms with E-state index in [0.717, 1.165) is 12.3 Å². The van der Waals surface area contributed by atoms with E-state index in [9.17, 15) is 17.6 Å². The van der Waals surface area contributed by atoms with Gasteiger partial charge in [-0.25, -0.2) is 12.8 Å². The molecule has 7 nitrogen and oxygen atoms in total. The van der Waals surface area contributed by atoms with E-state index in [1.807, 2.05) is 0 Å². The Kier molecular flexibility index (Phi) is 6.04. The third-order valence-electron chi connectivity index (χ3n) is 3.48. The number of sulfone groups is 1. The fraction of sp³-hybridized carbons (Fsp3) is 0.235. The first-order valence-electron chi connectivity index (χ1n) is 7.50. The Balaban J connectivity index is 2.09. The van der Waals surface area contributed by atoms with Gasteiger partial charge >= 0.3 is 0 Å². The molecule has 0 aliphatic heterocycles. The van der Waals surface area contributed by atoms with Gasteiger partial charge in [-0.3, -0.25) is 4.79 Å². The summed E-state index contributed by atoms with van der Waals surface area (Å²) in [6.45, 7) is -0.265. The van der Waals surface area contributed by atoms with Crippen molar-refractivity contribution in [2.45, 2.75) is 4.90 Å². The molecule has 0 aromatic heterocycles. The number of anilines is 2. The van der Waals surface area contributed by atoms with Crippen molar-refractivity contribution in [1.82, 2.24) is 0 Å². The maximum absolute atomic E-state index is 14.2. The molecule has 0 unspecified atom stereocenters. The zero-order valence-corrected chi connectivity index (χ0v) is 15.3. The van der Waals surface area contributed by atoms with Gasteiger partial charge in [-0.1, -0.05) is 6.07 Å². The zero-order chi connectivity index (χ0) is 19.3. The molecule has 140 valence electrons. The normalized spacial score (nSPS) is 10.9. The molecular formula is C17H19FN2O5S. The number of halogens is 1.